The summed E-state index contributed by atoms with van der Waals surface area (Å²) in [5, 5.41) is 18.6. The molecule has 0 aliphatic carbocycles. The Hall–Kier alpha value is -1.96. The van der Waals surface area contributed by atoms with Gasteiger partial charge < -0.3 is 16.2 Å². The van der Waals surface area contributed by atoms with Crippen LogP contribution in [0.25, 0.3) is 0 Å². The average molecular weight is 241 g/mol. The molecule has 4 N–H and O–H groups in total. The molecule has 0 saturated carbocycles. The molecule has 1 amide bonds. The zero-order valence-corrected chi connectivity index (χ0v) is 9.67. The van der Waals surface area contributed by atoms with E-state index in [1.807, 2.05) is 0 Å². The third-order valence-electron chi connectivity index (χ3n) is 2.28. The van der Waals surface area contributed by atoms with E-state index in [0.717, 1.165) is 0 Å². The van der Waals surface area contributed by atoms with E-state index in [9.17, 15) is 9.59 Å². The van der Waals surface area contributed by atoms with E-state index < -0.39 is 12.0 Å². The third-order valence-corrected chi connectivity index (χ3v) is 2.28. The molecule has 0 radical (unpaired) electrons. The van der Waals surface area contributed by atoms with Crippen molar-refractivity contribution in [2.45, 2.75) is 26.4 Å². The first kappa shape index (κ1) is 13.1. The summed E-state index contributed by atoms with van der Waals surface area (Å²) in [5.74, 6) is -1.47. The number of aromatic carboxylic acids is 1. The number of carboxylic acids is 1. The highest BCUT2D eigenvalue weighted by Crippen LogP contribution is 2.11. The lowest BCUT2D eigenvalue weighted by molar-refractivity contribution is -0.124. The van der Waals surface area contributed by atoms with E-state index in [-0.39, 0.29) is 23.8 Å². The van der Waals surface area contributed by atoms with Gasteiger partial charge >= 0.3 is 5.97 Å². The lowest BCUT2D eigenvalue weighted by atomic mass is 10.2. The van der Waals surface area contributed by atoms with E-state index in [0.29, 0.717) is 6.54 Å². The summed E-state index contributed by atoms with van der Waals surface area (Å²) in [6.07, 6.45) is 0. The van der Waals surface area contributed by atoms with Crippen molar-refractivity contribution < 1.29 is 14.7 Å². The minimum Gasteiger partial charge on any atom is -0.476 e. The van der Waals surface area contributed by atoms with E-state index in [4.69, 9.17) is 10.8 Å². The quantitative estimate of drug-likeness (QED) is 0.615. The van der Waals surface area contributed by atoms with Crippen LogP contribution in [0, 0.1) is 0 Å². The number of likely N-dealkylation sites (N-methyl/N-ethyl adjacent to an activating group) is 1. The maximum absolute atomic E-state index is 11.6. The number of carbonyl (C=O) groups excluding carboxylic acids is 1. The lowest BCUT2D eigenvalue weighted by Gasteiger charge is -2.13. The number of hydrogen-bond acceptors (Lipinski definition) is 5. The molecule has 1 rings (SSSR count). The number of nitrogens with one attached hydrogen (secondary N) is 1. The first-order valence-electron chi connectivity index (χ1n) is 5.18. The van der Waals surface area contributed by atoms with Gasteiger partial charge in [-0.05, 0) is 13.8 Å². The van der Waals surface area contributed by atoms with Crippen molar-refractivity contribution in [1.82, 2.24) is 20.3 Å². The van der Waals surface area contributed by atoms with Crippen LogP contribution in [-0.2, 0) is 11.3 Å². The molecule has 1 aromatic heterocycles. The molecule has 0 saturated heterocycles. The molecule has 17 heavy (non-hydrogen) atoms. The highest BCUT2D eigenvalue weighted by atomic mass is 16.4. The molecule has 1 aromatic rings. The second-order valence-electron chi connectivity index (χ2n) is 3.41. The second-order valence-corrected chi connectivity index (χ2v) is 3.41. The number of aromatic nitrogens is 3. The predicted octanol–water partition coefficient (Wildman–Crippen LogP) is -0.868. The number of nitrogens with zero attached hydrogens (tertiary/aromatic N) is 3. The maximum Gasteiger partial charge on any atom is 0.358 e. The SMILES string of the molecule is CCNC(=O)C(C)n1nnc(C(=O)O)c1CN. The summed E-state index contributed by atoms with van der Waals surface area (Å²) in [6.45, 7) is 3.84. The van der Waals surface area contributed by atoms with Crippen molar-refractivity contribution in [3.63, 3.8) is 0 Å². The summed E-state index contributed by atoms with van der Waals surface area (Å²) < 4.78 is 1.23. The van der Waals surface area contributed by atoms with Crippen LogP contribution in [0.2, 0.25) is 0 Å². The van der Waals surface area contributed by atoms with Crippen LogP contribution >= 0.6 is 0 Å². The predicted molar refractivity (Wildman–Crippen MR) is 58.3 cm³/mol. The van der Waals surface area contributed by atoms with Crippen LogP contribution in [0.15, 0.2) is 0 Å². The van der Waals surface area contributed by atoms with Gasteiger partial charge in [-0.25, -0.2) is 9.48 Å². The number of hydrogen-bond donors (Lipinski definition) is 3. The monoisotopic (exact) mass is 241 g/mol. The summed E-state index contributed by atoms with van der Waals surface area (Å²) in [6, 6.07) is -0.644. The van der Waals surface area contributed by atoms with Crippen molar-refractivity contribution in [2.75, 3.05) is 6.54 Å². The molecule has 8 heteroatoms. The summed E-state index contributed by atoms with van der Waals surface area (Å²) in [5.41, 5.74) is 5.46. The van der Waals surface area contributed by atoms with Gasteiger partial charge in [0, 0.05) is 13.1 Å². The molecule has 0 aliphatic heterocycles. The Balaban J connectivity index is 3.06. The maximum atomic E-state index is 11.6. The average Bonchev–Trinajstić information content (AvgIpc) is 2.71. The minimum absolute atomic E-state index is 0.0433. The molecule has 0 spiro atoms. The Bertz CT molecular complexity index is 428. The molecule has 0 aliphatic rings. The fraction of sp³-hybridized carbons (Fsp3) is 0.556. The van der Waals surface area contributed by atoms with Gasteiger partial charge in [0.15, 0.2) is 5.69 Å². The fourth-order valence-corrected chi connectivity index (χ4v) is 1.41. The molecule has 8 nitrogen and oxygen atoms in total. The smallest absolute Gasteiger partial charge is 0.358 e. The molecule has 1 heterocycles. The van der Waals surface area contributed by atoms with Crippen molar-refractivity contribution in [3.8, 4) is 0 Å². The molecule has 1 unspecified atom stereocenters. The van der Waals surface area contributed by atoms with Crippen molar-refractivity contribution in [1.29, 1.82) is 0 Å². The van der Waals surface area contributed by atoms with Crippen LogP contribution in [0.3, 0.4) is 0 Å². The van der Waals surface area contributed by atoms with Gasteiger partial charge in [0.25, 0.3) is 0 Å². The van der Waals surface area contributed by atoms with Gasteiger partial charge in [0.1, 0.15) is 6.04 Å². The van der Waals surface area contributed by atoms with Gasteiger partial charge in [-0.15, -0.1) is 5.10 Å². The van der Waals surface area contributed by atoms with Crippen LogP contribution in [0.1, 0.15) is 36.1 Å². The summed E-state index contributed by atoms with van der Waals surface area (Å²) in [4.78, 5) is 22.4. The van der Waals surface area contributed by atoms with Crippen LogP contribution in [0.4, 0.5) is 0 Å². The Morgan fingerprint density at radius 3 is 2.71 bits per heavy atom. The normalized spacial score (nSPS) is 12.2. The van der Waals surface area contributed by atoms with Crippen LogP contribution in [0.5, 0.6) is 0 Å². The van der Waals surface area contributed by atoms with E-state index in [2.05, 4.69) is 15.6 Å². The van der Waals surface area contributed by atoms with Crippen LogP contribution in [-0.4, -0.2) is 38.5 Å². The largest absolute Gasteiger partial charge is 0.476 e. The Labute approximate surface area is 97.8 Å². The van der Waals surface area contributed by atoms with Crippen LogP contribution < -0.4 is 11.1 Å². The zero-order valence-electron chi connectivity index (χ0n) is 9.67. The van der Waals surface area contributed by atoms with Gasteiger partial charge in [-0.2, -0.15) is 0 Å². The molecule has 1 atom stereocenters. The van der Waals surface area contributed by atoms with Crippen molar-refractivity contribution >= 4 is 11.9 Å². The Morgan fingerprint density at radius 2 is 2.24 bits per heavy atom. The Morgan fingerprint density at radius 1 is 1.59 bits per heavy atom. The van der Waals surface area contributed by atoms with Crippen molar-refractivity contribution in [3.05, 3.63) is 11.4 Å². The number of carbonyl (C=O) groups is 2. The number of nitrogens with two attached hydrogens (primary N) is 1. The van der Waals surface area contributed by atoms with Gasteiger partial charge in [0.2, 0.25) is 5.91 Å². The second kappa shape index (κ2) is 5.39. The minimum atomic E-state index is -1.21. The Kier molecular flexibility index (Phi) is 4.16. The standard InChI is InChI=1S/C9H15N5O3/c1-3-11-8(15)5(2)14-6(4-10)7(9(16)17)12-13-14/h5H,3-4,10H2,1-2H3,(H,11,15)(H,16,17). The number of carboxylic acid groups (broad SMARTS) is 1. The van der Waals surface area contributed by atoms with E-state index in [1.165, 1.54) is 4.68 Å². The third kappa shape index (κ3) is 2.59. The fourth-order valence-electron chi connectivity index (χ4n) is 1.41. The number of amides is 1. The number of rotatable bonds is 5. The topological polar surface area (TPSA) is 123 Å². The van der Waals surface area contributed by atoms with E-state index >= 15 is 0 Å². The molecule has 94 valence electrons. The molecular formula is C9H15N5O3. The van der Waals surface area contributed by atoms with Crippen molar-refractivity contribution in [2.24, 2.45) is 5.73 Å². The first-order valence-corrected chi connectivity index (χ1v) is 5.18. The first-order chi connectivity index (χ1) is 8.02. The van der Waals surface area contributed by atoms with Gasteiger partial charge in [0.05, 0.1) is 5.69 Å². The highest BCUT2D eigenvalue weighted by Gasteiger charge is 2.23. The summed E-state index contributed by atoms with van der Waals surface area (Å²) in [7, 11) is 0. The van der Waals surface area contributed by atoms with Gasteiger partial charge in [-0.1, -0.05) is 5.21 Å². The van der Waals surface area contributed by atoms with E-state index in [1.54, 1.807) is 13.8 Å². The summed E-state index contributed by atoms with van der Waals surface area (Å²) >= 11 is 0. The molecule has 0 aromatic carbocycles. The lowest BCUT2D eigenvalue weighted by Crippen LogP contribution is -2.32. The molecule has 0 fully saturated rings. The molecule has 0 bridgehead atoms. The zero-order chi connectivity index (χ0) is 13.0. The highest BCUT2D eigenvalue weighted by molar-refractivity contribution is 5.87. The van der Waals surface area contributed by atoms with Gasteiger partial charge in [-0.3, -0.25) is 4.79 Å². The molecular weight excluding hydrogens is 226 g/mol.